The molecule has 4 nitrogen and oxygen atoms in total. The fourth-order valence-corrected chi connectivity index (χ4v) is 4.85. The van der Waals surface area contributed by atoms with Crippen molar-refractivity contribution < 1.29 is 13.6 Å². The van der Waals surface area contributed by atoms with Crippen molar-refractivity contribution in [3.05, 3.63) is 48.5 Å². The standard InChI is InChI=1S/C17H18NO3PS/c1-3-20-22(19,21-4-2)14-11-9-13(10-12-14)17-18-15-7-5-6-8-16(15)23-17/h5-12H,3-4H2,1-2H3. The first-order valence-electron chi connectivity index (χ1n) is 7.52. The number of thiazole rings is 1. The summed E-state index contributed by atoms with van der Waals surface area (Å²) in [7, 11) is -3.23. The third kappa shape index (κ3) is 3.38. The summed E-state index contributed by atoms with van der Waals surface area (Å²) in [6.45, 7) is 4.30. The lowest BCUT2D eigenvalue weighted by Crippen LogP contribution is -2.10. The van der Waals surface area contributed by atoms with Crippen LogP contribution in [0.4, 0.5) is 0 Å². The van der Waals surface area contributed by atoms with Crippen LogP contribution >= 0.6 is 18.9 Å². The monoisotopic (exact) mass is 347 g/mol. The van der Waals surface area contributed by atoms with Crippen molar-refractivity contribution >= 4 is 34.5 Å². The van der Waals surface area contributed by atoms with E-state index in [4.69, 9.17) is 9.05 Å². The second-order valence-corrected chi connectivity index (χ2v) is 7.93. The molecule has 0 atom stereocenters. The van der Waals surface area contributed by atoms with E-state index < -0.39 is 7.60 Å². The zero-order valence-corrected chi connectivity index (χ0v) is 14.8. The molecule has 0 saturated heterocycles. The molecule has 0 amide bonds. The van der Waals surface area contributed by atoms with Crippen molar-refractivity contribution in [2.24, 2.45) is 0 Å². The largest absolute Gasteiger partial charge is 0.361 e. The van der Waals surface area contributed by atoms with E-state index in [-0.39, 0.29) is 0 Å². The molecule has 0 aliphatic rings. The molecule has 0 aliphatic heterocycles. The van der Waals surface area contributed by atoms with Crippen LogP contribution in [0.5, 0.6) is 0 Å². The number of aromatic nitrogens is 1. The molecule has 0 bridgehead atoms. The lowest BCUT2D eigenvalue weighted by atomic mass is 10.2. The number of rotatable bonds is 6. The minimum Gasteiger partial charge on any atom is -0.305 e. The number of benzene rings is 2. The minimum atomic E-state index is -3.23. The Hall–Kier alpha value is -1.52. The van der Waals surface area contributed by atoms with Gasteiger partial charge in [0.25, 0.3) is 0 Å². The summed E-state index contributed by atoms with van der Waals surface area (Å²) in [4.78, 5) is 4.63. The van der Waals surface area contributed by atoms with Gasteiger partial charge in [0, 0.05) is 5.56 Å². The van der Waals surface area contributed by atoms with Gasteiger partial charge in [0.1, 0.15) is 5.01 Å². The lowest BCUT2D eigenvalue weighted by molar-refractivity contribution is 0.230. The van der Waals surface area contributed by atoms with E-state index in [9.17, 15) is 4.57 Å². The summed E-state index contributed by atoms with van der Waals surface area (Å²) < 4.78 is 24.6. The fraction of sp³-hybridized carbons (Fsp3) is 0.235. The van der Waals surface area contributed by atoms with Crippen LogP contribution in [0.25, 0.3) is 20.8 Å². The predicted octanol–water partition coefficient (Wildman–Crippen LogP) is 4.85. The summed E-state index contributed by atoms with van der Waals surface area (Å²) in [6.07, 6.45) is 0. The van der Waals surface area contributed by atoms with Crippen molar-refractivity contribution in [3.63, 3.8) is 0 Å². The Morgan fingerprint density at radius 2 is 1.65 bits per heavy atom. The number of fused-ring (bicyclic) bond motifs is 1. The highest BCUT2D eigenvalue weighted by Gasteiger charge is 2.26. The molecule has 1 heterocycles. The summed E-state index contributed by atoms with van der Waals surface area (Å²) >= 11 is 1.64. The molecular formula is C17H18NO3PS. The second-order valence-electron chi connectivity index (χ2n) is 4.87. The Kier molecular flexibility index (Phi) is 4.93. The Morgan fingerprint density at radius 1 is 1.00 bits per heavy atom. The maximum absolute atomic E-state index is 12.7. The first-order valence-corrected chi connectivity index (χ1v) is 9.88. The number of para-hydroxylation sites is 1. The molecule has 3 aromatic rings. The van der Waals surface area contributed by atoms with Gasteiger partial charge in [-0.1, -0.05) is 24.3 Å². The van der Waals surface area contributed by atoms with Crippen molar-refractivity contribution in [2.75, 3.05) is 13.2 Å². The van der Waals surface area contributed by atoms with Gasteiger partial charge in [-0.05, 0) is 38.1 Å². The van der Waals surface area contributed by atoms with Crippen LogP contribution in [-0.2, 0) is 13.6 Å². The molecule has 1 aromatic heterocycles. The topological polar surface area (TPSA) is 48.4 Å². The highest BCUT2D eigenvalue weighted by atomic mass is 32.1. The van der Waals surface area contributed by atoms with Gasteiger partial charge < -0.3 is 9.05 Å². The van der Waals surface area contributed by atoms with E-state index in [0.29, 0.717) is 18.5 Å². The van der Waals surface area contributed by atoms with Crippen LogP contribution in [-0.4, -0.2) is 18.2 Å². The van der Waals surface area contributed by atoms with E-state index >= 15 is 0 Å². The van der Waals surface area contributed by atoms with Crippen LogP contribution in [0.2, 0.25) is 0 Å². The van der Waals surface area contributed by atoms with Gasteiger partial charge in [-0.25, -0.2) is 4.98 Å². The molecular weight excluding hydrogens is 329 g/mol. The molecule has 0 radical (unpaired) electrons. The number of hydrogen-bond acceptors (Lipinski definition) is 5. The van der Waals surface area contributed by atoms with Gasteiger partial charge in [-0.3, -0.25) is 4.57 Å². The van der Waals surface area contributed by atoms with Gasteiger partial charge in [0.15, 0.2) is 0 Å². The zero-order chi connectivity index (χ0) is 16.3. The summed E-state index contributed by atoms with van der Waals surface area (Å²) in [5.41, 5.74) is 1.99. The Balaban J connectivity index is 1.93. The molecule has 0 N–H and O–H groups in total. The van der Waals surface area contributed by atoms with E-state index in [1.54, 1.807) is 37.3 Å². The van der Waals surface area contributed by atoms with Gasteiger partial charge >= 0.3 is 7.60 Å². The summed E-state index contributed by atoms with van der Waals surface area (Å²) in [5.74, 6) is 0. The van der Waals surface area contributed by atoms with Crippen LogP contribution < -0.4 is 5.30 Å². The first-order chi connectivity index (χ1) is 11.2. The SMILES string of the molecule is CCOP(=O)(OCC)c1ccc(-c2nc3ccccc3s2)cc1. The molecule has 23 heavy (non-hydrogen) atoms. The molecule has 0 unspecified atom stereocenters. The molecule has 3 rings (SSSR count). The summed E-state index contributed by atoms with van der Waals surface area (Å²) in [6, 6.07) is 15.5. The van der Waals surface area contributed by atoms with Crippen LogP contribution in [0.15, 0.2) is 48.5 Å². The van der Waals surface area contributed by atoms with Gasteiger partial charge in [0.2, 0.25) is 0 Å². The van der Waals surface area contributed by atoms with Crippen molar-refractivity contribution in [2.45, 2.75) is 13.8 Å². The van der Waals surface area contributed by atoms with Crippen LogP contribution in [0.1, 0.15) is 13.8 Å². The second kappa shape index (κ2) is 6.93. The van der Waals surface area contributed by atoms with Crippen molar-refractivity contribution in [3.8, 4) is 10.6 Å². The smallest absolute Gasteiger partial charge is 0.305 e. The number of nitrogens with zero attached hydrogens (tertiary/aromatic N) is 1. The normalized spacial score (nSPS) is 11.9. The van der Waals surface area contributed by atoms with E-state index in [0.717, 1.165) is 20.8 Å². The van der Waals surface area contributed by atoms with Gasteiger partial charge in [0.05, 0.1) is 28.7 Å². The molecule has 0 fully saturated rings. The molecule has 0 aliphatic carbocycles. The fourth-order valence-electron chi connectivity index (χ4n) is 2.31. The number of hydrogen-bond donors (Lipinski definition) is 0. The molecule has 6 heteroatoms. The third-order valence-electron chi connectivity index (χ3n) is 3.32. The highest BCUT2D eigenvalue weighted by Crippen LogP contribution is 2.47. The summed E-state index contributed by atoms with van der Waals surface area (Å²) in [5, 5.41) is 1.52. The molecule has 0 spiro atoms. The van der Waals surface area contributed by atoms with Crippen molar-refractivity contribution in [1.29, 1.82) is 0 Å². The average Bonchev–Trinajstić information content (AvgIpc) is 2.99. The van der Waals surface area contributed by atoms with Crippen molar-refractivity contribution in [1.82, 2.24) is 4.98 Å². The van der Waals surface area contributed by atoms with Gasteiger partial charge in [-0.15, -0.1) is 11.3 Å². The predicted molar refractivity (Wildman–Crippen MR) is 95.5 cm³/mol. The lowest BCUT2D eigenvalue weighted by Gasteiger charge is -2.17. The Morgan fingerprint density at radius 3 is 2.26 bits per heavy atom. The van der Waals surface area contributed by atoms with Gasteiger partial charge in [-0.2, -0.15) is 0 Å². The zero-order valence-electron chi connectivity index (χ0n) is 13.1. The van der Waals surface area contributed by atoms with Crippen LogP contribution in [0.3, 0.4) is 0 Å². The maximum Gasteiger partial charge on any atom is 0.361 e. The van der Waals surface area contributed by atoms with Crippen LogP contribution in [0, 0.1) is 0 Å². The third-order valence-corrected chi connectivity index (χ3v) is 6.53. The maximum atomic E-state index is 12.7. The van der Waals surface area contributed by atoms with E-state index in [1.165, 1.54) is 0 Å². The quantitative estimate of drug-likeness (QED) is 0.598. The molecule has 120 valence electrons. The highest BCUT2D eigenvalue weighted by molar-refractivity contribution is 7.62. The average molecular weight is 347 g/mol. The molecule has 2 aromatic carbocycles. The molecule has 0 saturated carbocycles. The minimum absolute atomic E-state index is 0.344. The first kappa shape index (κ1) is 16.3. The Bertz CT molecular complexity index is 801. The van der Waals surface area contributed by atoms with E-state index in [2.05, 4.69) is 11.1 Å². The Labute approximate surface area is 139 Å². The van der Waals surface area contributed by atoms with E-state index in [1.807, 2.05) is 30.3 Å².